The number of amides is 2. The molecule has 5 heteroatoms. The molecule has 2 aliphatic heterocycles. The van der Waals surface area contributed by atoms with Crippen LogP contribution in [0, 0.1) is 11.8 Å². The number of carbonyl (C=O) groups is 2. The SMILES string of the molecule is O=C(NC1CCN(C(=O)CC2CCNCC2)CC1)C1CC1. The Morgan fingerprint density at radius 2 is 1.67 bits per heavy atom. The molecule has 0 atom stereocenters. The van der Waals surface area contributed by atoms with Crippen molar-refractivity contribution in [2.24, 2.45) is 11.8 Å². The maximum absolute atomic E-state index is 12.3. The van der Waals surface area contributed by atoms with Crippen LogP contribution >= 0.6 is 0 Å². The summed E-state index contributed by atoms with van der Waals surface area (Å²) in [6, 6.07) is 0.279. The topological polar surface area (TPSA) is 61.4 Å². The molecule has 3 rings (SSSR count). The van der Waals surface area contributed by atoms with E-state index in [1.165, 1.54) is 0 Å². The molecule has 3 aliphatic rings. The number of nitrogens with one attached hydrogen (secondary N) is 2. The number of hydrogen-bond acceptors (Lipinski definition) is 3. The van der Waals surface area contributed by atoms with Crippen LogP contribution in [-0.4, -0.2) is 48.9 Å². The van der Waals surface area contributed by atoms with Gasteiger partial charge in [-0.3, -0.25) is 9.59 Å². The zero-order chi connectivity index (χ0) is 14.7. The molecule has 0 aromatic carbocycles. The van der Waals surface area contributed by atoms with Gasteiger partial charge in [-0.05, 0) is 57.5 Å². The molecule has 2 N–H and O–H groups in total. The van der Waals surface area contributed by atoms with Gasteiger partial charge in [0.05, 0.1) is 0 Å². The van der Waals surface area contributed by atoms with Crippen molar-refractivity contribution >= 4 is 11.8 Å². The highest BCUT2D eigenvalue weighted by molar-refractivity contribution is 5.81. The Kier molecular flexibility index (Phi) is 4.78. The van der Waals surface area contributed by atoms with Gasteiger partial charge in [0, 0.05) is 31.5 Å². The lowest BCUT2D eigenvalue weighted by Gasteiger charge is -2.34. The molecule has 118 valence electrons. The van der Waals surface area contributed by atoms with E-state index in [4.69, 9.17) is 0 Å². The Balaban J connectivity index is 1.37. The van der Waals surface area contributed by atoms with Crippen LogP contribution in [0.3, 0.4) is 0 Å². The first-order valence-electron chi connectivity index (χ1n) is 8.51. The maximum Gasteiger partial charge on any atom is 0.223 e. The predicted octanol–water partition coefficient (Wildman–Crippen LogP) is 0.893. The van der Waals surface area contributed by atoms with Crippen LogP contribution in [0.5, 0.6) is 0 Å². The Morgan fingerprint density at radius 3 is 2.29 bits per heavy atom. The standard InChI is InChI=1S/C16H27N3O2/c20-15(11-12-3-7-17-8-4-12)19-9-5-14(6-10-19)18-16(21)13-1-2-13/h12-14,17H,1-11H2,(H,18,21). The number of hydrogen-bond donors (Lipinski definition) is 2. The van der Waals surface area contributed by atoms with Gasteiger partial charge in [-0.25, -0.2) is 0 Å². The Labute approximate surface area is 126 Å². The molecule has 5 nitrogen and oxygen atoms in total. The first-order chi connectivity index (χ1) is 10.2. The third-order valence-corrected chi connectivity index (χ3v) is 5.06. The first-order valence-corrected chi connectivity index (χ1v) is 8.51. The van der Waals surface area contributed by atoms with E-state index < -0.39 is 0 Å². The van der Waals surface area contributed by atoms with Crippen molar-refractivity contribution in [3.63, 3.8) is 0 Å². The Morgan fingerprint density at radius 1 is 1.00 bits per heavy atom. The summed E-state index contributed by atoms with van der Waals surface area (Å²) in [5.74, 6) is 1.39. The van der Waals surface area contributed by atoms with Gasteiger partial charge in [0.1, 0.15) is 0 Å². The van der Waals surface area contributed by atoms with E-state index >= 15 is 0 Å². The second-order valence-electron chi connectivity index (χ2n) is 6.84. The van der Waals surface area contributed by atoms with Crippen molar-refractivity contribution in [1.82, 2.24) is 15.5 Å². The first kappa shape index (κ1) is 14.8. The lowest BCUT2D eigenvalue weighted by Crippen LogP contribution is -2.47. The van der Waals surface area contributed by atoms with Crippen molar-refractivity contribution in [3.8, 4) is 0 Å². The third-order valence-electron chi connectivity index (χ3n) is 5.06. The van der Waals surface area contributed by atoms with Crippen LogP contribution < -0.4 is 10.6 Å². The molecule has 3 fully saturated rings. The van der Waals surface area contributed by atoms with Gasteiger partial charge < -0.3 is 15.5 Å². The number of nitrogens with zero attached hydrogens (tertiary/aromatic N) is 1. The highest BCUT2D eigenvalue weighted by Gasteiger charge is 2.32. The Hall–Kier alpha value is -1.10. The van der Waals surface area contributed by atoms with E-state index in [9.17, 15) is 9.59 Å². The third kappa shape index (κ3) is 4.19. The average molecular weight is 293 g/mol. The normalized spacial score (nSPS) is 24.9. The Bertz CT molecular complexity index is 381. The second kappa shape index (κ2) is 6.77. The molecule has 1 saturated carbocycles. The van der Waals surface area contributed by atoms with Crippen molar-refractivity contribution in [3.05, 3.63) is 0 Å². The largest absolute Gasteiger partial charge is 0.353 e. The van der Waals surface area contributed by atoms with Gasteiger partial charge in [-0.1, -0.05) is 0 Å². The predicted molar refractivity (Wildman–Crippen MR) is 80.7 cm³/mol. The smallest absolute Gasteiger partial charge is 0.223 e. The summed E-state index contributed by atoms with van der Waals surface area (Å²) in [6.45, 7) is 3.71. The molecule has 0 aromatic heterocycles. The molecule has 1 aliphatic carbocycles. The molecule has 2 heterocycles. The zero-order valence-corrected chi connectivity index (χ0v) is 12.8. The fourth-order valence-corrected chi connectivity index (χ4v) is 3.40. The summed E-state index contributed by atoms with van der Waals surface area (Å²) in [6.07, 6.45) is 6.89. The summed E-state index contributed by atoms with van der Waals surface area (Å²) in [4.78, 5) is 26.1. The maximum atomic E-state index is 12.3. The summed E-state index contributed by atoms with van der Waals surface area (Å²) in [5, 5.41) is 6.48. The van der Waals surface area contributed by atoms with Gasteiger partial charge in [-0.2, -0.15) is 0 Å². The number of rotatable bonds is 4. The van der Waals surface area contributed by atoms with E-state index in [0.29, 0.717) is 18.2 Å². The van der Waals surface area contributed by atoms with Crippen molar-refractivity contribution in [2.75, 3.05) is 26.2 Å². The molecular weight excluding hydrogens is 266 g/mol. The summed E-state index contributed by atoms with van der Waals surface area (Å²) < 4.78 is 0. The molecule has 0 radical (unpaired) electrons. The number of piperidine rings is 2. The number of carbonyl (C=O) groups excluding carboxylic acids is 2. The molecule has 21 heavy (non-hydrogen) atoms. The van der Waals surface area contributed by atoms with Crippen molar-refractivity contribution in [2.45, 2.75) is 51.0 Å². The zero-order valence-electron chi connectivity index (χ0n) is 12.8. The molecule has 0 aromatic rings. The molecule has 0 unspecified atom stereocenters. The van der Waals surface area contributed by atoms with Crippen molar-refractivity contribution in [1.29, 1.82) is 0 Å². The minimum Gasteiger partial charge on any atom is -0.353 e. The van der Waals surface area contributed by atoms with E-state index in [-0.39, 0.29) is 17.9 Å². The van der Waals surface area contributed by atoms with Gasteiger partial charge in [-0.15, -0.1) is 0 Å². The lowest BCUT2D eigenvalue weighted by molar-refractivity contribution is -0.133. The van der Waals surface area contributed by atoms with Crippen LogP contribution in [0.2, 0.25) is 0 Å². The van der Waals surface area contributed by atoms with Crippen molar-refractivity contribution < 1.29 is 9.59 Å². The summed E-state index contributed by atoms with van der Waals surface area (Å²) >= 11 is 0. The van der Waals surface area contributed by atoms with E-state index in [2.05, 4.69) is 10.6 Å². The lowest BCUT2D eigenvalue weighted by atomic mass is 9.93. The van der Waals surface area contributed by atoms with Crippen LogP contribution in [-0.2, 0) is 9.59 Å². The molecular formula is C16H27N3O2. The van der Waals surface area contributed by atoms with E-state index in [1.807, 2.05) is 4.90 Å². The van der Waals surface area contributed by atoms with Gasteiger partial charge in [0.15, 0.2) is 0 Å². The van der Waals surface area contributed by atoms with Gasteiger partial charge in [0.2, 0.25) is 11.8 Å². The average Bonchev–Trinajstić information content (AvgIpc) is 3.33. The van der Waals surface area contributed by atoms with Gasteiger partial charge in [0.25, 0.3) is 0 Å². The molecule has 2 saturated heterocycles. The fraction of sp³-hybridized carbons (Fsp3) is 0.875. The van der Waals surface area contributed by atoms with Crippen LogP contribution in [0.1, 0.15) is 44.9 Å². The molecule has 2 amide bonds. The van der Waals surface area contributed by atoms with E-state index in [0.717, 1.165) is 64.7 Å². The highest BCUT2D eigenvalue weighted by atomic mass is 16.2. The number of likely N-dealkylation sites (tertiary alicyclic amines) is 1. The minimum atomic E-state index is 0.231. The van der Waals surface area contributed by atoms with Gasteiger partial charge >= 0.3 is 0 Å². The second-order valence-corrected chi connectivity index (χ2v) is 6.84. The van der Waals surface area contributed by atoms with Crippen LogP contribution in [0.15, 0.2) is 0 Å². The fourth-order valence-electron chi connectivity index (χ4n) is 3.40. The van der Waals surface area contributed by atoms with E-state index in [1.54, 1.807) is 0 Å². The van der Waals surface area contributed by atoms with Crippen LogP contribution in [0.25, 0.3) is 0 Å². The molecule has 0 bridgehead atoms. The summed E-state index contributed by atoms with van der Waals surface area (Å²) in [7, 11) is 0. The molecule has 0 spiro atoms. The summed E-state index contributed by atoms with van der Waals surface area (Å²) in [5.41, 5.74) is 0. The minimum absolute atomic E-state index is 0.231. The van der Waals surface area contributed by atoms with Crippen LogP contribution in [0.4, 0.5) is 0 Å². The quantitative estimate of drug-likeness (QED) is 0.809. The monoisotopic (exact) mass is 293 g/mol. The highest BCUT2D eigenvalue weighted by Crippen LogP contribution is 2.29.